The summed E-state index contributed by atoms with van der Waals surface area (Å²) in [5.74, 6) is -1.15. The lowest BCUT2D eigenvalue weighted by molar-refractivity contribution is -0.237. The van der Waals surface area contributed by atoms with Crippen LogP contribution in [-0.4, -0.2) is 35.9 Å². The molecule has 0 unspecified atom stereocenters. The highest BCUT2D eigenvalue weighted by atomic mass is 35.5. The van der Waals surface area contributed by atoms with Crippen LogP contribution in [0, 0.1) is 11.2 Å². The third-order valence-corrected chi connectivity index (χ3v) is 5.02. The Balaban J connectivity index is 2.01. The number of nitrogens with one attached hydrogen (secondary N) is 1. The van der Waals surface area contributed by atoms with Crippen molar-refractivity contribution in [1.29, 1.82) is 0 Å². The van der Waals surface area contributed by atoms with Crippen molar-refractivity contribution in [3.8, 4) is 0 Å². The highest BCUT2D eigenvalue weighted by Crippen LogP contribution is 2.50. The third-order valence-electron chi connectivity index (χ3n) is 4.63. The van der Waals surface area contributed by atoms with E-state index in [1.807, 2.05) is 20.8 Å². The van der Waals surface area contributed by atoms with Gasteiger partial charge in [-0.2, -0.15) is 0 Å². The lowest BCUT2D eigenvalue weighted by Gasteiger charge is -2.57. The molecule has 1 aliphatic rings. The molecule has 22 heavy (non-hydrogen) atoms. The largest absolute Gasteiger partial charge is 0.387 e. The van der Waals surface area contributed by atoms with E-state index in [0.29, 0.717) is 13.0 Å². The number of carbonyl (C=O) groups excluding carboxylic acids is 1. The van der Waals surface area contributed by atoms with Gasteiger partial charge in [0, 0.05) is 25.0 Å². The summed E-state index contributed by atoms with van der Waals surface area (Å²) >= 11 is 5.79. The second-order valence-electron chi connectivity index (χ2n) is 6.19. The summed E-state index contributed by atoms with van der Waals surface area (Å²) in [5, 5.41) is 13.1. The monoisotopic (exact) mass is 329 g/mol. The van der Waals surface area contributed by atoms with E-state index in [1.54, 1.807) is 0 Å². The quantitative estimate of drug-likeness (QED) is 0.873. The second kappa shape index (κ2) is 6.14. The molecule has 122 valence electrons. The first kappa shape index (κ1) is 17.2. The summed E-state index contributed by atoms with van der Waals surface area (Å²) in [6.45, 7) is 6.35. The molecule has 1 aromatic carbocycles. The van der Waals surface area contributed by atoms with Gasteiger partial charge in [-0.05, 0) is 19.1 Å². The lowest BCUT2D eigenvalue weighted by atomic mass is 9.56. The molecule has 0 spiro atoms. The van der Waals surface area contributed by atoms with Crippen molar-refractivity contribution in [3.05, 3.63) is 34.6 Å². The standard InChI is InChI=1S/C16H21ClFNO3/c1-4-22-12-8-16(21,15(12,2)3)9-19-14(20)10-6-5-7-11(18)13(10)17/h5-7,12,21H,4,8-9H2,1-3H3,(H,19,20)/t12-,16-/m1/s1. The van der Waals surface area contributed by atoms with E-state index in [9.17, 15) is 14.3 Å². The Morgan fingerprint density at radius 2 is 2.23 bits per heavy atom. The van der Waals surface area contributed by atoms with Crippen LogP contribution in [0.2, 0.25) is 5.02 Å². The maximum absolute atomic E-state index is 13.4. The first-order chi connectivity index (χ1) is 10.2. The minimum Gasteiger partial charge on any atom is -0.387 e. The molecule has 1 saturated carbocycles. The van der Waals surface area contributed by atoms with Gasteiger partial charge in [0.15, 0.2) is 0 Å². The molecule has 0 aliphatic heterocycles. The van der Waals surface area contributed by atoms with Crippen LogP contribution in [0.25, 0.3) is 0 Å². The smallest absolute Gasteiger partial charge is 0.253 e. The van der Waals surface area contributed by atoms with Gasteiger partial charge in [-0.1, -0.05) is 31.5 Å². The molecular formula is C16H21ClFNO3. The zero-order valence-electron chi connectivity index (χ0n) is 13.0. The van der Waals surface area contributed by atoms with Crippen molar-refractivity contribution in [2.45, 2.75) is 38.9 Å². The van der Waals surface area contributed by atoms with Crippen LogP contribution in [0.3, 0.4) is 0 Å². The van der Waals surface area contributed by atoms with E-state index in [-0.39, 0.29) is 23.2 Å². The van der Waals surface area contributed by atoms with Crippen LogP contribution in [0.1, 0.15) is 37.6 Å². The van der Waals surface area contributed by atoms with Crippen LogP contribution < -0.4 is 5.32 Å². The van der Waals surface area contributed by atoms with Crippen molar-refractivity contribution in [2.24, 2.45) is 5.41 Å². The van der Waals surface area contributed by atoms with E-state index in [0.717, 1.165) is 0 Å². The minimum absolute atomic E-state index is 0.0443. The average Bonchev–Trinajstić information content (AvgIpc) is 2.47. The first-order valence-electron chi connectivity index (χ1n) is 7.29. The normalized spacial score (nSPS) is 26.4. The molecule has 1 aliphatic carbocycles. The van der Waals surface area contributed by atoms with Gasteiger partial charge < -0.3 is 15.2 Å². The fourth-order valence-corrected chi connectivity index (χ4v) is 2.97. The van der Waals surface area contributed by atoms with Crippen molar-refractivity contribution >= 4 is 17.5 Å². The zero-order chi connectivity index (χ0) is 16.5. The van der Waals surface area contributed by atoms with E-state index in [1.165, 1.54) is 18.2 Å². The Morgan fingerprint density at radius 3 is 2.82 bits per heavy atom. The highest BCUT2D eigenvalue weighted by Gasteiger charge is 2.59. The van der Waals surface area contributed by atoms with Crippen LogP contribution in [0.4, 0.5) is 4.39 Å². The number of ether oxygens (including phenoxy) is 1. The maximum Gasteiger partial charge on any atom is 0.253 e. The summed E-state index contributed by atoms with van der Waals surface area (Å²) < 4.78 is 18.9. The molecule has 0 heterocycles. The number of benzene rings is 1. The number of halogens is 2. The molecule has 2 rings (SSSR count). The number of amides is 1. The number of rotatable bonds is 5. The Hall–Kier alpha value is -1.17. The fourth-order valence-electron chi connectivity index (χ4n) is 2.76. The summed E-state index contributed by atoms with van der Waals surface area (Å²) in [5.41, 5.74) is -1.46. The Morgan fingerprint density at radius 1 is 1.55 bits per heavy atom. The molecule has 1 amide bonds. The Labute approximate surface area is 134 Å². The minimum atomic E-state index is -1.05. The molecule has 0 radical (unpaired) electrons. The van der Waals surface area contributed by atoms with Crippen LogP contribution in [0.15, 0.2) is 18.2 Å². The fraction of sp³-hybridized carbons (Fsp3) is 0.562. The van der Waals surface area contributed by atoms with E-state index in [2.05, 4.69) is 5.32 Å². The third kappa shape index (κ3) is 2.85. The number of hydrogen-bond acceptors (Lipinski definition) is 3. The van der Waals surface area contributed by atoms with Gasteiger partial charge in [-0.3, -0.25) is 4.79 Å². The van der Waals surface area contributed by atoms with Gasteiger partial charge in [0.2, 0.25) is 0 Å². The predicted molar refractivity (Wildman–Crippen MR) is 82.5 cm³/mol. The average molecular weight is 330 g/mol. The molecular weight excluding hydrogens is 309 g/mol. The van der Waals surface area contributed by atoms with Crippen LogP contribution in [0.5, 0.6) is 0 Å². The molecule has 4 nitrogen and oxygen atoms in total. The molecule has 2 atom stereocenters. The van der Waals surface area contributed by atoms with Gasteiger partial charge >= 0.3 is 0 Å². The zero-order valence-corrected chi connectivity index (χ0v) is 13.7. The molecule has 0 aromatic heterocycles. The van der Waals surface area contributed by atoms with Crippen LogP contribution in [-0.2, 0) is 4.74 Å². The van der Waals surface area contributed by atoms with E-state index < -0.39 is 22.7 Å². The summed E-state index contributed by atoms with van der Waals surface area (Å²) in [6, 6.07) is 4.05. The number of hydrogen-bond donors (Lipinski definition) is 2. The Bertz CT molecular complexity index is 579. The summed E-state index contributed by atoms with van der Waals surface area (Å²) in [7, 11) is 0. The Kier molecular flexibility index (Phi) is 4.80. The topological polar surface area (TPSA) is 58.6 Å². The molecule has 6 heteroatoms. The van der Waals surface area contributed by atoms with Gasteiger partial charge in [0.25, 0.3) is 5.91 Å². The number of carbonyl (C=O) groups is 1. The lowest BCUT2D eigenvalue weighted by Crippen LogP contribution is -2.68. The molecule has 0 saturated heterocycles. The molecule has 2 N–H and O–H groups in total. The number of aliphatic hydroxyl groups is 1. The molecule has 1 aromatic rings. The van der Waals surface area contributed by atoms with Gasteiger partial charge in [-0.15, -0.1) is 0 Å². The van der Waals surface area contributed by atoms with Gasteiger partial charge in [0.1, 0.15) is 5.82 Å². The highest BCUT2D eigenvalue weighted by molar-refractivity contribution is 6.34. The van der Waals surface area contributed by atoms with Gasteiger partial charge in [-0.25, -0.2) is 4.39 Å². The first-order valence-corrected chi connectivity index (χ1v) is 7.67. The maximum atomic E-state index is 13.4. The van der Waals surface area contributed by atoms with Crippen molar-refractivity contribution in [3.63, 3.8) is 0 Å². The van der Waals surface area contributed by atoms with Crippen molar-refractivity contribution < 1.29 is 19.0 Å². The van der Waals surface area contributed by atoms with Crippen LogP contribution >= 0.6 is 11.6 Å². The summed E-state index contributed by atoms with van der Waals surface area (Å²) in [4.78, 5) is 12.1. The van der Waals surface area contributed by atoms with E-state index in [4.69, 9.17) is 16.3 Å². The van der Waals surface area contributed by atoms with Gasteiger partial charge in [0.05, 0.1) is 22.3 Å². The molecule has 1 fully saturated rings. The van der Waals surface area contributed by atoms with Crippen molar-refractivity contribution in [1.82, 2.24) is 5.32 Å². The van der Waals surface area contributed by atoms with E-state index >= 15 is 0 Å². The summed E-state index contributed by atoms with van der Waals surface area (Å²) in [6.07, 6.45) is 0.405. The second-order valence-corrected chi connectivity index (χ2v) is 6.56. The van der Waals surface area contributed by atoms with Crippen molar-refractivity contribution in [2.75, 3.05) is 13.2 Å². The predicted octanol–water partition coefficient (Wildman–Crippen LogP) is 2.78. The molecule has 0 bridgehead atoms. The SMILES string of the molecule is CCO[C@@H]1C[C@@](O)(CNC(=O)c2cccc(F)c2Cl)C1(C)C.